The Morgan fingerprint density at radius 3 is 2.83 bits per heavy atom. The number of hydrogen-bond acceptors (Lipinski definition) is 5. The number of nitrogens with one attached hydrogen (secondary N) is 1. The molecule has 1 aliphatic rings. The number of amides is 1. The van der Waals surface area contributed by atoms with Gasteiger partial charge in [0, 0.05) is 25.1 Å². The number of aromatic nitrogens is 1. The topological polar surface area (TPSA) is 88.5 Å². The summed E-state index contributed by atoms with van der Waals surface area (Å²) in [6, 6.07) is 0. The van der Waals surface area contributed by atoms with E-state index in [1.165, 1.54) is 5.38 Å². The molecule has 2 heterocycles. The van der Waals surface area contributed by atoms with E-state index in [0.29, 0.717) is 12.5 Å². The van der Waals surface area contributed by atoms with Crippen LogP contribution in [0.4, 0.5) is 0 Å². The second-order valence-electron chi connectivity index (χ2n) is 4.11. The number of carbonyl (C=O) groups excluding carboxylic acids is 1. The lowest BCUT2D eigenvalue weighted by Crippen LogP contribution is -2.32. The third kappa shape index (κ3) is 3.27. The van der Waals surface area contributed by atoms with Crippen LogP contribution in [0.1, 0.15) is 33.1 Å². The van der Waals surface area contributed by atoms with Crippen LogP contribution < -0.4 is 5.32 Å². The van der Waals surface area contributed by atoms with Crippen LogP contribution >= 0.6 is 11.3 Å². The Balaban J connectivity index is 1.84. The average molecular weight is 270 g/mol. The number of nitrogens with zero attached hydrogens (tertiary/aromatic N) is 1. The number of carbonyl (C=O) groups is 2. The van der Waals surface area contributed by atoms with Crippen molar-refractivity contribution in [3.8, 4) is 0 Å². The van der Waals surface area contributed by atoms with Crippen molar-refractivity contribution in [3.63, 3.8) is 0 Å². The van der Waals surface area contributed by atoms with Gasteiger partial charge in [0.05, 0.1) is 0 Å². The second kappa shape index (κ2) is 5.92. The molecular formula is C11H14N2O4S. The smallest absolute Gasteiger partial charge is 0.355 e. The molecule has 7 heteroatoms. The maximum atomic E-state index is 11.7. The third-order valence-corrected chi connectivity index (χ3v) is 3.65. The van der Waals surface area contributed by atoms with E-state index >= 15 is 0 Å². The second-order valence-corrected chi connectivity index (χ2v) is 4.97. The average Bonchev–Trinajstić information content (AvgIpc) is 2.87. The first-order chi connectivity index (χ1) is 8.66. The molecule has 1 amide bonds. The van der Waals surface area contributed by atoms with Gasteiger partial charge in [0.15, 0.2) is 10.7 Å². The van der Waals surface area contributed by atoms with Crippen LogP contribution in [0, 0.1) is 5.92 Å². The zero-order valence-corrected chi connectivity index (χ0v) is 10.5. The van der Waals surface area contributed by atoms with Crippen molar-refractivity contribution in [3.05, 3.63) is 16.1 Å². The van der Waals surface area contributed by atoms with Crippen molar-refractivity contribution in [2.75, 3.05) is 19.8 Å². The van der Waals surface area contributed by atoms with Gasteiger partial charge in [0.1, 0.15) is 0 Å². The number of hydrogen-bond donors (Lipinski definition) is 2. The number of carboxylic acid groups (broad SMARTS) is 1. The van der Waals surface area contributed by atoms with Crippen molar-refractivity contribution in [2.45, 2.75) is 12.8 Å². The molecule has 0 spiro atoms. The minimum absolute atomic E-state index is 0.0868. The van der Waals surface area contributed by atoms with E-state index in [1.54, 1.807) is 0 Å². The Morgan fingerprint density at radius 1 is 1.50 bits per heavy atom. The van der Waals surface area contributed by atoms with Gasteiger partial charge < -0.3 is 15.2 Å². The van der Waals surface area contributed by atoms with E-state index in [2.05, 4.69) is 10.3 Å². The van der Waals surface area contributed by atoms with Crippen molar-refractivity contribution >= 4 is 23.2 Å². The van der Waals surface area contributed by atoms with Crippen LogP contribution in [-0.2, 0) is 4.74 Å². The molecule has 6 nitrogen and oxygen atoms in total. The van der Waals surface area contributed by atoms with Crippen LogP contribution in [0.2, 0.25) is 0 Å². The van der Waals surface area contributed by atoms with Crippen LogP contribution in [0.25, 0.3) is 0 Å². The van der Waals surface area contributed by atoms with Crippen molar-refractivity contribution in [1.82, 2.24) is 10.3 Å². The lowest BCUT2D eigenvalue weighted by atomic mass is 10.0. The summed E-state index contributed by atoms with van der Waals surface area (Å²) in [6.07, 6.45) is 1.89. The highest BCUT2D eigenvalue weighted by Gasteiger charge is 2.18. The minimum atomic E-state index is -1.12. The zero-order valence-electron chi connectivity index (χ0n) is 9.72. The molecule has 0 aromatic carbocycles. The summed E-state index contributed by atoms with van der Waals surface area (Å²) >= 11 is 1.04. The fourth-order valence-corrected chi connectivity index (χ4v) is 2.45. The quantitative estimate of drug-likeness (QED) is 0.852. The molecule has 0 unspecified atom stereocenters. The van der Waals surface area contributed by atoms with E-state index in [9.17, 15) is 9.59 Å². The summed E-state index contributed by atoms with van der Waals surface area (Å²) in [7, 11) is 0. The van der Waals surface area contributed by atoms with Crippen molar-refractivity contribution in [1.29, 1.82) is 0 Å². The molecule has 0 radical (unpaired) electrons. The molecule has 2 N–H and O–H groups in total. The lowest BCUT2D eigenvalue weighted by molar-refractivity contribution is 0.0642. The molecule has 0 bridgehead atoms. The summed E-state index contributed by atoms with van der Waals surface area (Å²) in [5.74, 6) is -0.990. The standard InChI is InChI=1S/C11H14N2O4S/c14-9(10-13-8(6-18-10)11(15)16)12-5-7-1-3-17-4-2-7/h6-7H,1-5H2,(H,12,14)(H,15,16). The predicted molar refractivity (Wildman–Crippen MR) is 64.9 cm³/mol. The van der Waals surface area contributed by atoms with Crippen LogP contribution in [0.15, 0.2) is 5.38 Å². The SMILES string of the molecule is O=C(O)c1csc(C(=O)NCC2CCOCC2)n1. The Kier molecular flexibility index (Phi) is 4.27. The summed E-state index contributed by atoms with van der Waals surface area (Å²) in [4.78, 5) is 26.1. The van der Waals surface area contributed by atoms with E-state index in [-0.39, 0.29) is 16.6 Å². The molecule has 18 heavy (non-hydrogen) atoms. The number of aromatic carboxylic acids is 1. The normalized spacial score (nSPS) is 16.4. The largest absolute Gasteiger partial charge is 0.476 e. The number of ether oxygens (including phenoxy) is 1. The Bertz CT molecular complexity index is 440. The number of thiazole rings is 1. The lowest BCUT2D eigenvalue weighted by Gasteiger charge is -2.21. The summed E-state index contributed by atoms with van der Waals surface area (Å²) < 4.78 is 5.23. The van der Waals surface area contributed by atoms with Crippen LogP contribution in [-0.4, -0.2) is 41.7 Å². The molecule has 1 saturated heterocycles. The minimum Gasteiger partial charge on any atom is -0.476 e. The highest BCUT2D eigenvalue weighted by atomic mass is 32.1. The van der Waals surface area contributed by atoms with Gasteiger partial charge in [-0.05, 0) is 18.8 Å². The van der Waals surface area contributed by atoms with Gasteiger partial charge in [0.25, 0.3) is 5.91 Å². The highest BCUT2D eigenvalue weighted by Crippen LogP contribution is 2.14. The molecular weight excluding hydrogens is 256 g/mol. The van der Waals surface area contributed by atoms with Crippen LogP contribution in [0.3, 0.4) is 0 Å². The van der Waals surface area contributed by atoms with Gasteiger partial charge in [0.2, 0.25) is 0 Å². The highest BCUT2D eigenvalue weighted by molar-refractivity contribution is 7.11. The first-order valence-corrected chi connectivity index (χ1v) is 6.59. The van der Waals surface area contributed by atoms with Gasteiger partial charge in [-0.3, -0.25) is 4.79 Å². The number of rotatable bonds is 4. The predicted octanol–water partition coefficient (Wildman–Crippen LogP) is 0.998. The van der Waals surface area contributed by atoms with Gasteiger partial charge >= 0.3 is 5.97 Å². The van der Waals surface area contributed by atoms with Crippen LogP contribution in [0.5, 0.6) is 0 Å². The van der Waals surface area contributed by atoms with E-state index in [1.807, 2.05) is 0 Å². The first-order valence-electron chi connectivity index (χ1n) is 5.71. The van der Waals surface area contributed by atoms with Crippen molar-refractivity contribution in [2.24, 2.45) is 5.92 Å². The molecule has 2 rings (SSSR count). The summed E-state index contributed by atoms with van der Waals surface area (Å²) in [5.41, 5.74) is -0.0868. The third-order valence-electron chi connectivity index (χ3n) is 2.81. The molecule has 1 aliphatic heterocycles. The van der Waals surface area contributed by atoms with E-state index in [0.717, 1.165) is 37.4 Å². The van der Waals surface area contributed by atoms with E-state index in [4.69, 9.17) is 9.84 Å². The molecule has 1 aromatic rings. The Morgan fingerprint density at radius 2 is 2.22 bits per heavy atom. The first kappa shape index (κ1) is 13.0. The fraction of sp³-hybridized carbons (Fsp3) is 0.545. The molecule has 1 fully saturated rings. The molecule has 0 atom stereocenters. The Hall–Kier alpha value is -1.47. The molecule has 0 aliphatic carbocycles. The number of carboxylic acids is 1. The van der Waals surface area contributed by atoms with Gasteiger partial charge in [-0.2, -0.15) is 0 Å². The monoisotopic (exact) mass is 270 g/mol. The van der Waals surface area contributed by atoms with Gasteiger partial charge in [-0.1, -0.05) is 0 Å². The fourth-order valence-electron chi connectivity index (χ4n) is 1.74. The zero-order chi connectivity index (χ0) is 13.0. The maximum absolute atomic E-state index is 11.7. The summed E-state index contributed by atoms with van der Waals surface area (Å²) in [5, 5.41) is 13.1. The van der Waals surface area contributed by atoms with Gasteiger partial charge in [-0.15, -0.1) is 11.3 Å². The molecule has 1 aromatic heterocycles. The Labute approximate surface area is 108 Å². The maximum Gasteiger partial charge on any atom is 0.355 e. The summed E-state index contributed by atoms with van der Waals surface area (Å²) in [6.45, 7) is 2.06. The molecule has 0 saturated carbocycles. The van der Waals surface area contributed by atoms with Crippen molar-refractivity contribution < 1.29 is 19.4 Å². The van der Waals surface area contributed by atoms with E-state index < -0.39 is 5.97 Å². The van der Waals surface area contributed by atoms with Gasteiger partial charge in [-0.25, -0.2) is 9.78 Å². The molecule has 98 valence electrons.